The van der Waals surface area contributed by atoms with E-state index in [1.54, 1.807) is 4.98 Å². The molecule has 1 aromatic carbocycles. The molecule has 0 unspecified atom stereocenters. The molecule has 0 saturated carbocycles. The number of aromatic nitrogens is 2. The maximum Gasteiger partial charge on any atom is 0.333 e. The molecule has 0 aliphatic rings. The van der Waals surface area contributed by atoms with Gasteiger partial charge in [0.1, 0.15) is 0 Å². The van der Waals surface area contributed by atoms with Gasteiger partial charge >= 0.3 is 5.69 Å². The highest BCUT2D eigenvalue weighted by Crippen LogP contribution is 2.15. The van der Waals surface area contributed by atoms with Crippen LogP contribution in [0.15, 0.2) is 40.1 Å². The Morgan fingerprint density at radius 2 is 2.06 bits per heavy atom. The summed E-state index contributed by atoms with van der Waals surface area (Å²) in [7, 11) is 0. The van der Waals surface area contributed by atoms with Gasteiger partial charge in [-0.2, -0.15) is 4.39 Å². The van der Waals surface area contributed by atoms with E-state index in [9.17, 15) is 24.1 Å². The highest BCUT2D eigenvalue weighted by Gasteiger charge is 2.10. The van der Waals surface area contributed by atoms with E-state index in [1.165, 1.54) is 18.2 Å². The first-order chi connectivity index (χ1) is 8.49. The number of rotatable bonds is 2. The first kappa shape index (κ1) is 11.7. The van der Waals surface area contributed by atoms with Crippen molar-refractivity contribution in [1.82, 2.24) is 9.55 Å². The molecule has 0 saturated heterocycles. The van der Waals surface area contributed by atoms with E-state index < -0.39 is 22.0 Å². The maximum atomic E-state index is 13.1. The summed E-state index contributed by atoms with van der Waals surface area (Å²) in [5, 5.41) is 10.6. The molecule has 2 aromatic rings. The number of nitro benzene ring substituents is 1. The number of non-ortho nitro benzene ring substituents is 1. The maximum absolute atomic E-state index is 13.1. The van der Waals surface area contributed by atoms with Crippen LogP contribution in [0.1, 0.15) is 0 Å². The second-order valence-corrected chi connectivity index (χ2v) is 3.38. The molecular weight excluding hydrogens is 245 g/mol. The molecule has 1 N–H and O–H groups in total. The van der Waals surface area contributed by atoms with Crippen LogP contribution in [0.2, 0.25) is 0 Å². The molecule has 92 valence electrons. The van der Waals surface area contributed by atoms with Crippen molar-refractivity contribution in [2.24, 2.45) is 0 Å². The van der Waals surface area contributed by atoms with E-state index in [0.717, 1.165) is 10.6 Å². The summed E-state index contributed by atoms with van der Waals surface area (Å²) in [5.41, 5.74) is -2.17. The van der Waals surface area contributed by atoms with Crippen LogP contribution in [-0.4, -0.2) is 14.5 Å². The predicted molar refractivity (Wildman–Crippen MR) is 59.3 cm³/mol. The Balaban J connectivity index is 2.66. The topological polar surface area (TPSA) is 98.0 Å². The third-order valence-corrected chi connectivity index (χ3v) is 2.22. The number of benzene rings is 1. The molecule has 7 nitrogen and oxygen atoms in total. The number of hydrogen-bond acceptors (Lipinski definition) is 4. The van der Waals surface area contributed by atoms with Crippen molar-refractivity contribution in [3.8, 4) is 5.69 Å². The standard InChI is InChI=1S/C10H6FN3O4/c11-8-5-13(10(16)12-9(8)15)6-2-1-3-7(4-6)14(17)18/h1-5H,(H,12,15,16). The van der Waals surface area contributed by atoms with Crippen LogP contribution in [-0.2, 0) is 0 Å². The molecule has 18 heavy (non-hydrogen) atoms. The Morgan fingerprint density at radius 3 is 2.72 bits per heavy atom. The van der Waals surface area contributed by atoms with Crippen LogP contribution in [0.4, 0.5) is 10.1 Å². The quantitative estimate of drug-likeness (QED) is 0.623. The first-order valence-corrected chi connectivity index (χ1v) is 4.75. The minimum atomic E-state index is -1.15. The van der Waals surface area contributed by atoms with E-state index in [0.29, 0.717) is 6.20 Å². The normalized spacial score (nSPS) is 10.3. The van der Waals surface area contributed by atoms with Crippen molar-refractivity contribution < 1.29 is 9.31 Å². The lowest BCUT2D eigenvalue weighted by atomic mass is 10.3. The number of nitrogens with one attached hydrogen (secondary N) is 1. The van der Waals surface area contributed by atoms with Crippen molar-refractivity contribution in [3.63, 3.8) is 0 Å². The van der Waals surface area contributed by atoms with Crippen molar-refractivity contribution in [3.05, 3.63) is 67.2 Å². The summed E-state index contributed by atoms with van der Waals surface area (Å²) >= 11 is 0. The zero-order valence-corrected chi connectivity index (χ0v) is 8.79. The number of aromatic amines is 1. The molecule has 0 fully saturated rings. The number of nitrogens with zero attached hydrogens (tertiary/aromatic N) is 2. The lowest BCUT2D eigenvalue weighted by Gasteiger charge is -2.04. The van der Waals surface area contributed by atoms with E-state index in [4.69, 9.17) is 0 Å². The van der Waals surface area contributed by atoms with Gasteiger partial charge in [0, 0.05) is 12.1 Å². The lowest BCUT2D eigenvalue weighted by molar-refractivity contribution is -0.384. The van der Waals surface area contributed by atoms with Crippen LogP contribution in [0, 0.1) is 15.9 Å². The fourth-order valence-electron chi connectivity index (χ4n) is 1.40. The molecule has 8 heteroatoms. The van der Waals surface area contributed by atoms with Crippen LogP contribution in [0.3, 0.4) is 0 Å². The first-order valence-electron chi connectivity index (χ1n) is 4.75. The number of H-pyrrole nitrogens is 1. The smallest absolute Gasteiger partial charge is 0.271 e. The van der Waals surface area contributed by atoms with Crippen LogP contribution >= 0.6 is 0 Å². The van der Waals surface area contributed by atoms with Gasteiger partial charge in [-0.25, -0.2) is 4.79 Å². The molecule has 2 rings (SSSR count). The summed E-state index contributed by atoms with van der Waals surface area (Å²) in [5.74, 6) is -1.15. The molecular formula is C10H6FN3O4. The molecule has 1 aromatic heterocycles. The SMILES string of the molecule is O=c1[nH]c(=O)n(-c2cccc([N+](=O)[O-])c2)cc1F. The van der Waals surface area contributed by atoms with E-state index in [2.05, 4.69) is 0 Å². The average molecular weight is 251 g/mol. The summed E-state index contributed by atoms with van der Waals surface area (Å²) < 4.78 is 13.8. The van der Waals surface area contributed by atoms with Gasteiger partial charge in [0.15, 0.2) is 0 Å². The zero-order chi connectivity index (χ0) is 13.3. The van der Waals surface area contributed by atoms with Gasteiger partial charge in [-0.05, 0) is 6.07 Å². The van der Waals surface area contributed by atoms with Crippen molar-refractivity contribution in [2.45, 2.75) is 0 Å². The van der Waals surface area contributed by atoms with Crippen molar-refractivity contribution in [1.29, 1.82) is 0 Å². The Morgan fingerprint density at radius 1 is 1.33 bits per heavy atom. The Kier molecular flexibility index (Phi) is 2.76. The molecule has 0 radical (unpaired) electrons. The number of nitro groups is 1. The molecule has 0 atom stereocenters. The third-order valence-electron chi connectivity index (χ3n) is 2.22. The van der Waals surface area contributed by atoms with Gasteiger partial charge in [0.05, 0.1) is 16.8 Å². The molecule has 0 bridgehead atoms. The minimum absolute atomic E-state index is 0.0874. The van der Waals surface area contributed by atoms with Crippen molar-refractivity contribution in [2.75, 3.05) is 0 Å². The zero-order valence-electron chi connectivity index (χ0n) is 8.79. The molecule has 0 spiro atoms. The summed E-state index contributed by atoms with van der Waals surface area (Å²) in [6.07, 6.45) is 0.681. The molecule has 0 aliphatic heterocycles. The fourth-order valence-corrected chi connectivity index (χ4v) is 1.40. The van der Waals surface area contributed by atoms with Crippen LogP contribution in [0.25, 0.3) is 5.69 Å². The van der Waals surface area contributed by atoms with Crippen LogP contribution < -0.4 is 11.2 Å². The lowest BCUT2D eigenvalue weighted by Crippen LogP contribution is -2.30. The highest BCUT2D eigenvalue weighted by molar-refractivity contribution is 5.42. The summed E-state index contributed by atoms with van der Waals surface area (Å²) in [6, 6.07) is 5.06. The fraction of sp³-hybridized carbons (Fsp3) is 0. The second-order valence-electron chi connectivity index (χ2n) is 3.38. The number of halogens is 1. The van der Waals surface area contributed by atoms with Gasteiger partial charge < -0.3 is 0 Å². The van der Waals surface area contributed by atoms with Crippen molar-refractivity contribution >= 4 is 5.69 Å². The Bertz CT molecular complexity index is 734. The molecule has 0 amide bonds. The van der Waals surface area contributed by atoms with Gasteiger partial charge in [-0.3, -0.25) is 24.5 Å². The summed E-state index contributed by atoms with van der Waals surface area (Å²) in [4.78, 5) is 34.0. The van der Waals surface area contributed by atoms with Crippen LogP contribution in [0.5, 0.6) is 0 Å². The van der Waals surface area contributed by atoms with E-state index in [-0.39, 0.29) is 11.4 Å². The Labute approximate surface area is 98.3 Å². The monoisotopic (exact) mass is 251 g/mol. The van der Waals surface area contributed by atoms with Gasteiger partial charge in [-0.1, -0.05) is 6.07 Å². The Hall–Kier alpha value is -2.77. The molecule has 0 aliphatic carbocycles. The largest absolute Gasteiger partial charge is 0.333 e. The van der Waals surface area contributed by atoms with Gasteiger partial charge in [0.25, 0.3) is 11.2 Å². The van der Waals surface area contributed by atoms with Gasteiger partial charge in [0.2, 0.25) is 5.82 Å². The average Bonchev–Trinajstić information content (AvgIpc) is 2.34. The van der Waals surface area contributed by atoms with E-state index >= 15 is 0 Å². The highest BCUT2D eigenvalue weighted by atomic mass is 19.1. The van der Waals surface area contributed by atoms with E-state index in [1.807, 2.05) is 0 Å². The third kappa shape index (κ3) is 2.03. The van der Waals surface area contributed by atoms with Gasteiger partial charge in [-0.15, -0.1) is 0 Å². The number of hydrogen-bond donors (Lipinski definition) is 1. The summed E-state index contributed by atoms with van der Waals surface area (Å²) in [6.45, 7) is 0. The predicted octanol–water partition coefficient (Wildman–Crippen LogP) is 0.573. The second kappa shape index (κ2) is 4.24. The molecule has 1 heterocycles. The minimum Gasteiger partial charge on any atom is -0.271 e.